The molecule has 4 rings (SSSR count). The van der Waals surface area contributed by atoms with Crippen LogP contribution >= 0.6 is 0 Å². The van der Waals surface area contributed by atoms with Crippen molar-refractivity contribution in [3.8, 4) is 22.8 Å². The SMILES string of the molecule is CS(=N)(=N)Cc1cc2nc(c1)OCCCOc1cc(F)ccc1-c1cc(ncc1F)N2. The zero-order valence-electron chi connectivity index (χ0n) is 16.7. The Hall–Kier alpha value is -3.27. The summed E-state index contributed by atoms with van der Waals surface area (Å²) in [5.41, 5.74) is 1.36. The molecular formula is C21H21F2N5O2S. The van der Waals surface area contributed by atoms with Gasteiger partial charge in [-0.05, 0) is 29.8 Å². The van der Waals surface area contributed by atoms with Crippen molar-refractivity contribution in [1.82, 2.24) is 9.97 Å². The van der Waals surface area contributed by atoms with Crippen molar-refractivity contribution in [3.63, 3.8) is 0 Å². The van der Waals surface area contributed by atoms with Gasteiger partial charge in [0.1, 0.15) is 29.0 Å². The number of nitrogens with one attached hydrogen (secondary N) is 3. The molecule has 1 aromatic carbocycles. The summed E-state index contributed by atoms with van der Waals surface area (Å²) in [6, 6.07) is 8.88. The predicted molar refractivity (Wildman–Crippen MR) is 115 cm³/mol. The molecule has 10 heteroatoms. The number of aromatic nitrogens is 2. The molecule has 4 bridgehead atoms. The van der Waals surface area contributed by atoms with E-state index in [2.05, 4.69) is 15.3 Å². The lowest BCUT2D eigenvalue weighted by molar-refractivity contribution is 0.242. The highest BCUT2D eigenvalue weighted by atomic mass is 32.2. The van der Waals surface area contributed by atoms with Gasteiger partial charge < -0.3 is 14.8 Å². The Balaban J connectivity index is 1.80. The number of anilines is 2. The number of nitrogens with zero attached hydrogens (tertiary/aromatic N) is 2. The van der Waals surface area contributed by atoms with Crippen LogP contribution in [0.5, 0.6) is 11.6 Å². The first-order valence-electron chi connectivity index (χ1n) is 9.51. The number of fused-ring (bicyclic) bond motifs is 6. The van der Waals surface area contributed by atoms with Crippen LogP contribution < -0.4 is 14.8 Å². The Labute approximate surface area is 178 Å². The molecule has 1 aliphatic rings. The molecule has 0 saturated carbocycles. The molecular weight excluding hydrogens is 424 g/mol. The van der Waals surface area contributed by atoms with Crippen molar-refractivity contribution in [2.45, 2.75) is 12.2 Å². The van der Waals surface area contributed by atoms with Gasteiger partial charge in [0.25, 0.3) is 0 Å². The van der Waals surface area contributed by atoms with Crippen LogP contribution in [-0.2, 0) is 15.4 Å². The largest absolute Gasteiger partial charge is 0.493 e. The fourth-order valence-electron chi connectivity index (χ4n) is 3.21. The van der Waals surface area contributed by atoms with Gasteiger partial charge in [-0.1, -0.05) is 9.62 Å². The maximum Gasteiger partial charge on any atom is 0.215 e. The second-order valence-corrected chi connectivity index (χ2v) is 9.76. The van der Waals surface area contributed by atoms with Crippen LogP contribution in [0, 0.1) is 21.2 Å². The first-order chi connectivity index (χ1) is 14.8. The van der Waals surface area contributed by atoms with Crippen LogP contribution in [0.3, 0.4) is 0 Å². The van der Waals surface area contributed by atoms with E-state index in [0.29, 0.717) is 36.1 Å². The van der Waals surface area contributed by atoms with Crippen LogP contribution in [0.1, 0.15) is 12.0 Å². The Morgan fingerprint density at radius 2 is 1.84 bits per heavy atom. The molecule has 7 nitrogen and oxygen atoms in total. The van der Waals surface area contributed by atoms with Gasteiger partial charge in [-0.25, -0.2) is 13.8 Å². The summed E-state index contributed by atoms with van der Waals surface area (Å²) in [7, 11) is -2.28. The average Bonchev–Trinajstić information content (AvgIpc) is 2.67. The maximum atomic E-state index is 14.6. The quantitative estimate of drug-likeness (QED) is 0.507. The lowest BCUT2D eigenvalue weighted by atomic mass is 10.0. The highest BCUT2D eigenvalue weighted by Crippen LogP contribution is 2.34. The van der Waals surface area contributed by atoms with Gasteiger partial charge in [0.2, 0.25) is 5.88 Å². The van der Waals surface area contributed by atoms with Crippen LogP contribution in [0.25, 0.3) is 11.1 Å². The van der Waals surface area contributed by atoms with E-state index in [1.54, 1.807) is 18.4 Å². The Morgan fingerprint density at radius 3 is 2.65 bits per heavy atom. The zero-order chi connectivity index (χ0) is 22.0. The number of hydrogen-bond acceptors (Lipinski definition) is 7. The molecule has 0 atom stereocenters. The minimum Gasteiger partial charge on any atom is -0.493 e. The Morgan fingerprint density at radius 1 is 1.03 bits per heavy atom. The number of rotatable bonds is 2. The number of hydrogen-bond donors (Lipinski definition) is 3. The van der Waals surface area contributed by atoms with Crippen molar-refractivity contribution in [2.75, 3.05) is 24.8 Å². The van der Waals surface area contributed by atoms with E-state index in [1.807, 2.05) is 0 Å². The summed E-state index contributed by atoms with van der Waals surface area (Å²) in [5.74, 6) is 0.524. The minimum absolute atomic E-state index is 0.214. The predicted octanol–water partition coefficient (Wildman–Crippen LogP) is 5.14. The van der Waals surface area contributed by atoms with Crippen LogP contribution in [-0.4, -0.2) is 29.4 Å². The van der Waals surface area contributed by atoms with Gasteiger partial charge in [-0.2, -0.15) is 4.98 Å². The molecule has 3 heterocycles. The topological polar surface area (TPSA) is 104 Å². The highest BCUT2D eigenvalue weighted by molar-refractivity contribution is 7.91. The third-order valence-electron chi connectivity index (χ3n) is 4.46. The second-order valence-electron chi connectivity index (χ2n) is 7.30. The molecule has 0 radical (unpaired) electrons. The second kappa shape index (κ2) is 8.46. The standard InChI is InChI=1S/C21H21F2N5O2S/c1-31(24,25)12-13-7-20-27-19-10-16(17(23)11-26-19)15-4-3-14(22)9-18(15)29-5-2-6-30-21(8-13)28-20/h3-4,7-11,24-25H,2,5-6,12H2,1H3,(H,26,27,28). The van der Waals surface area contributed by atoms with E-state index < -0.39 is 21.3 Å². The summed E-state index contributed by atoms with van der Waals surface area (Å²) in [6.45, 7) is 0.535. The molecule has 0 amide bonds. The molecule has 0 unspecified atom stereocenters. The van der Waals surface area contributed by atoms with Gasteiger partial charge >= 0.3 is 0 Å². The van der Waals surface area contributed by atoms with Crippen LogP contribution in [0.15, 0.2) is 42.6 Å². The third kappa shape index (κ3) is 5.26. The first kappa shape index (κ1) is 21.0. The number of pyridine rings is 2. The summed E-state index contributed by atoms with van der Waals surface area (Å²) in [4.78, 5) is 8.49. The normalized spacial score (nSPS) is 13.8. The maximum absolute atomic E-state index is 14.6. The van der Waals surface area contributed by atoms with Crippen molar-refractivity contribution < 1.29 is 18.3 Å². The van der Waals surface area contributed by atoms with Crippen LogP contribution in [0.4, 0.5) is 20.4 Å². The van der Waals surface area contributed by atoms with Gasteiger partial charge in [0, 0.05) is 41.7 Å². The van der Waals surface area contributed by atoms with Crippen molar-refractivity contribution in [1.29, 1.82) is 9.56 Å². The van der Waals surface area contributed by atoms with Crippen molar-refractivity contribution >= 4 is 21.3 Å². The first-order valence-corrected chi connectivity index (χ1v) is 11.7. The summed E-state index contributed by atoms with van der Waals surface area (Å²) in [5, 5.41) is 3.04. The molecule has 0 aliphatic carbocycles. The fourth-order valence-corrected chi connectivity index (χ4v) is 4.05. The molecule has 2 aromatic heterocycles. The van der Waals surface area contributed by atoms with E-state index in [-0.39, 0.29) is 23.7 Å². The summed E-state index contributed by atoms with van der Waals surface area (Å²) < 4.78 is 55.7. The van der Waals surface area contributed by atoms with Gasteiger partial charge in [0.05, 0.1) is 19.4 Å². The van der Waals surface area contributed by atoms with E-state index in [9.17, 15) is 8.78 Å². The van der Waals surface area contributed by atoms with E-state index in [4.69, 9.17) is 19.0 Å². The zero-order valence-corrected chi connectivity index (χ0v) is 17.6. The van der Waals surface area contributed by atoms with Crippen molar-refractivity contribution in [2.24, 2.45) is 0 Å². The minimum atomic E-state index is -2.28. The summed E-state index contributed by atoms with van der Waals surface area (Å²) >= 11 is 0. The molecule has 3 N–H and O–H groups in total. The van der Waals surface area contributed by atoms with Gasteiger partial charge in [0.15, 0.2) is 0 Å². The van der Waals surface area contributed by atoms with Gasteiger partial charge in [-0.15, -0.1) is 0 Å². The Kier molecular flexibility index (Phi) is 5.73. The molecule has 162 valence electrons. The van der Waals surface area contributed by atoms with Gasteiger partial charge in [-0.3, -0.25) is 9.56 Å². The molecule has 1 aliphatic heterocycles. The average molecular weight is 445 g/mol. The monoisotopic (exact) mass is 445 g/mol. The fraction of sp³-hybridized carbons (Fsp3) is 0.238. The van der Waals surface area contributed by atoms with E-state index in [0.717, 1.165) is 11.8 Å². The third-order valence-corrected chi connectivity index (χ3v) is 5.37. The van der Waals surface area contributed by atoms with E-state index in [1.165, 1.54) is 24.3 Å². The summed E-state index contributed by atoms with van der Waals surface area (Å²) in [6.07, 6.45) is 3.15. The molecule has 0 saturated heterocycles. The lowest BCUT2D eigenvalue weighted by Gasteiger charge is -2.16. The molecule has 3 aromatic rings. The number of ether oxygens (including phenoxy) is 2. The lowest BCUT2D eigenvalue weighted by Crippen LogP contribution is -2.09. The number of benzene rings is 1. The van der Waals surface area contributed by atoms with E-state index >= 15 is 0 Å². The smallest absolute Gasteiger partial charge is 0.215 e. The molecule has 0 spiro atoms. The highest BCUT2D eigenvalue weighted by Gasteiger charge is 2.16. The molecule has 31 heavy (non-hydrogen) atoms. The number of halogens is 2. The van der Waals surface area contributed by atoms with Crippen molar-refractivity contribution in [3.05, 3.63) is 59.8 Å². The Bertz CT molecular complexity index is 1230. The molecule has 0 fully saturated rings. The van der Waals surface area contributed by atoms with Crippen LogP contribution in [0.2, 0.25) is 0 Å².